The number of hydrogen-bond acceptors (Lipinski definition) is 1. The van der Waals surface area contributed by atoms with Crippen LogP contribution in [-0.2, 0) is 0 Å². The fourth-order valence-electron chi connectivity index (χ4n) is 1.52. The molecular formula is C17H21N. The lowest BCUT2D eigenvalue weighted by Crippen LogP contribution is -1.85. The minimum absolute atomic E-state index is 0.797. The summed E-state index contributed by atoms with van der Waals surface area (Å²) in [6, 6.07) is 7.93. The second-order valence-electron chi connectivity index (χ2n) is 4.26. The molecule has 0 unspecified atom stereocenters. The average molecular weight is 239 g/mol. The van der Waals surface area contributed by atoms with E-state index >= 15 is 0 Å². The van der Waals surface area contributed by atoms with E-state index in [0.717, 1.165) is 17.7 Å². The number of nitrogens with two attached hydrogens (primary N) is 1. The highest BCUT2D eigenvalue weighted by molar-refractivity contribution is 5.65. The first-order valence-electron chi connectivity index (χ1n) is 6.13. The monoisotopic (exact) mass is 239 g/mol. The molecule has 0 aliphatic carbocycles. The van der Waals surface area contributed by atoms with E-state index in [1.54, 1.807) is 0 Å². The maximum atomic E-state index is 5.67. The first-order chi connectivity index (χ1) is 8.63. The molecule has 0 atom stereocenters. The summed E-state index contributed by atoms with van der Waals surface area (Å²) >= 11 is 0. The van der Waals surface area contributed by atoms with Gasteiger partial charge in [0, 0.05) is 5.69 Å². The molecule has 1 aromatic carbocycles. The predicted octanol–water partition coefficient (Wildman–Crippen LogP) is 4.75. The van der Waals surface area contributed by atoms with E-state index in [0.29, 0.717) is 0 Å². The van der Waals surface area contributed by atoms with Crippen LogP contribution in [0.25, 0.3) is 5.57 Å². The van der Waals surface area contributed by atoms with Gasteiger partial charge in [0.05, 0.1) is 0 Å². The van der Waals surface area contributed by atoms with Crippen molar-refractivity contribution in [2.45, 2.75) is 20.3 Å². The number of anilines is 1. The summed E-state index contributed by atoms with van der Waals surface area (Å²) in [4.78, 5) is 0. The quantitative estimate of drug-likeness (QED) is 0.582. The van der Waals surface area contributed by atoms with Gasteiger partial charge in [-0.1, -0.05) is 54.7 Å². The third-order valence-corrected chi connectivity index (χ3v) is 2.67. The smallest absolute Gasteiger partial charge is 0.0314 e. The van der Waals surface area contributed by atoms with Crippen molar-refractivity contribution in [3.05, 3.63) is 72.4 Å². The standard InChI is InChI=1S/C17H21N/c1-4-5-6-7-14(2)8-9-15(3)16-10-12-17(18)13-11-16/h4-7,9-13H,2,8,18H2,1,3H3/b5-4-,7-6-,15-9+. The van der Waals surface area contributed by atoms with E-state index in [4.69, 9.17) is 5.73 Å². The van der Waals surface area contributed by atoms with Crippen molar-refractivity contribution in [1.29, 1.82) is 0 Å². The average Bonchev–Trinajstić information content (AvgIpc) is 2.37. The topological polar surface area (TPSA) is 26.0 Å². The zero-order chi connectivity index (χ0) is 13.4. The summed E-state index contributed by atoms with van der Waals surface area (Å²) in [6.07, 6.45) is 11.1. The number of nitrogen functional groups attached to an aromatic ring is 1. The van der Waals surface area contributed by atoms with Gasteiger partial charge < -0.3 is 5.73 Å². The molecule has 94 valence electrons. The number of rotatable bonds is 5. The molecule has 0 spiro atoms. The Balaban J connectivity index is 2.61. The van der Waals surface area contributed by atoms with Crippen LogP contribution >= 0.6 is 0 Å². The minimum atomic E-state index is 0.797. The van der Waals surface area contributed by atoms with Crippen molar-refractivity contribution < 1.29 is 0 Å². The first-order valence-corrected chi connectivity index (χ1v) is 6.13. The lowest BCUT2D eigenvalue weighted by molar-refractivity contribution is 1.29. The third-order valence-electron chi connectivity index (χ3n) is 2.67. The highest BCUT2D eigenvalue weighted by Crippen LogP contribution is 2.17. The van der Waals surface area contributed by atoms with Crippen LogP contribution in [0.2, 0.25) is 0 Å². The van der Waals surface area contributed by atoms with Crippen LogP contribution in [0, 0.1) is 0 Å². The normalized spacial score (nSPS) is 12.4. The van der Waals surface area contributed by atoms with Crippen molar-refractivity contribution in [3.63, 3.8) is 0 Å². The highest BCUT2D eigenvalue weighted by atomic mass is 14.5. The van der Waals surface area contributed by atoms with Crippen LogP contribution in [0.5, 0.6) is 0 Å². The molecule has 0 aromatic heterocycles. The Labute approximate surface area is 110 Å². The Bertz CT molecular complexity index is 473. The summed E-state index contributed by atoms with van der Waals surface area (Å²) in [7, 11) is 0. The van der Waals surface area contributed by atoms with Gasteiger partial charge in [0.15, 0.2) is 0 Å². The number of benzene rings is 1. The summed E-state index contributed by atoms with van der Waals surface area (Å²) < 4.78 is 0. The molecule has 0 saturated carbocycles. The zero-order valence-corrected chi connectivity index (χ0v) is 11.2. The fraction of sp³-hybridized carbons (Fsp3) is 0.176. The summed E-state index contributed by atoms with van der Waals surface area (Å²) in [5.41, 5.74) is 10.0. The SMILES string of the molecule is C=C(/C=C\C=C/C)C/C=C(\C)c1ccc(N)cc1. The Hall–Kier alpha value is -2.02. The molecule has 1 aromatic rings. The molecule has 0 amide bonds. The lowest BCUT2D eigenvalue weighted by atomic mass is 10.0. The number of allylic oxidation sites excluding steroid dienone is 7. The van der Waals surface area contributed by atoms with Gasteiger partial charge in [-0.3, -0.25) is 0 Å². The molecule has 0 aliphatic rings. The molecule has 1 rings (SSSR count). The molecule has 0 radical (unpaired) electrons. The Morgan fingerprint density at radius 3 is 2.50 bits per heavy atom. The van der Waals surface area contributed by atoms with Gasteiger partial charge in [0.25, 0.3) is 0 Å². The van der Waals surface area contributed by atoms with Crippen molar-refractivity contribution in [1.82, 2.24) is 0 Å². The molecule has 0 bridgehead atoms. The van der Waals surface area contributed by atoms with Crippen LogP contribution in [0.1, 0.15) is 25.8 Å². The molecule has 1 nitrogen and oxygen atoms in total. The van der Waals surface area contributed by atoms with Gasteiger partial charge >= 0.3 is 0 Å². The summed E-state index contributed by atoms with van der Waals surface area (Å²) in [5, 5.41) is 0. The fourth-order valence-corrected chi connectivity index (χ4v) is 1.52. The molecule has 2 N–H and O–H groups in total. The maximum Gasteiger partial charge on any atom is 0.0314 e. The van der Waals surface area contributed by atoms with E-state index in [2.05, 4.69) is 19.6 Å². The highest BCUT2D eigenvalue weighted by Gasteiger charge is 1.95. The van der Waals surface area contributed by atoms with E-state index < -0.39 is 0 Å². The van der Waals surface area contributed by atoms with E-state index in [1.165, 1.54) is 11.1 Å². The van der Waals surface area contributed by atoms with E-state index in [-0.39, 0.29) is 0 Å². The lowest BCUT2D eigenvalue weighted by Gasteiger charge is -2.02. The van der Waals surface area contributed by atoms with Crippen LogP contribution < -0.4 is 5.73 Å². The molecule has 0 aliphatic heterocycles. The summed E-state index contributed by atoms with van der Waals surface area (Å²) in [6.45, 7) is 8.12. The van der Waals surface area contributed by atoms with Crippen LogP contribution in [-0.4, -0.2) is 0 Å². The molecule has 0 heterocycles. The Morgan fingerprint density at radius 2 is 1.89 bits per heavy atom. The Kier molecular flexibility index (Phi) is 5.72. The molecule has 18 heavy (non-hydrogen) atoms. The Morgan fingerprint density at radius 1 is 1.22 bits per heavy atom. The number of hydrogen-bond donors (Lipinski definition) is 1. The maximum absolute atomic E-state index is 5.67. The minimum Gasteiger partial charge on any atom is -0.399 e. The van der Waals surface area contributed by atoms with Crippen molar-refractivity contribution in [2.75, 3.05) is 5.73 Å². The predicted molar refractivity (Wildman–Crippen MR) is 82.2 cm³/mol. The third kappa shape index (κ3) is 4.88. The largest absolute Gasteiger partial charge is 0.399 e. The van der Waals surface area contributed by atoms with Gasteiger partial charge in [-0.05, 0) is 43.5 Å². The summed E-state index contributed by atoms with van der Waals surface area (Å²) in [5.74, 6) is 0. The van der Waals surface area contributed by atoms with Gasteiger partial charge in [-0.2, -0.15) is 0 Å². The molecular weight excluding hydrogens is 218 g/mol. The van der Waals surface area contributed by atoms with Crippen molar-refractivity contribution in [2.24, 2.45) is 0 Å². The molecule has 0 saturated heterocycles. The molecule has 0 fully saturated rings. The first kappa shape index (κ1) is 14.0. The molecule has 1 heteroatoms. The second kappa shape index (κ2) is 7.33. The van der Waals surface area contributed by atoms with Gasteiger partial charge in [0.1, 0.15) is 0 Å². The second-order valence-corrected chi connectivity index (χ2v) is 4.26. The van der Waals surface area contributed by atoms with Gasteiger partial charge in [0.2, 0.25) is 0 Å². The van der Waals surface area contributed by atoms with E-state index in [1.807, 2.05) is 55.5 Å². The zero-order valence-electron chi connectivity index (χ0n) is 11.2. The van der Waals surface area contributed by atoms with Crippen molar-refractivity contribution in [3.8, 4) is 0 Å². The van der Waals surface area contributed by atoms with Crippen LogP contribution in [0.3, 0.4) is 0 Å². The van der Waals surface area contributed by atoms with Gasteiger partial charge in [-0.15, -0.1) is 0 Å². The van der Waals surface area contributed by atoms with Crippen LogP contribution in [0.4, 0.5) is 5.69 Å². The van der Waals surface area contributed by atoms with E-state index in [9.17, 15) is 0 Å². The van der Waals surface area contributed by atoms with Crippen LogP contribution in [0.15, 0.2) is 66.8 Å². The van der Waals surface area contributed by atoms with Crippen molar-refractivity contribution >= 4 is 11.3 Å². The van der Waals surface area contributed by atoms with Gasteiger partial charge in [-0.25, -0.2) is 0 Å².